The summed E-state index contributed by atoms with van der Waals surface area (Å²) in [5.74, 6) is 0.512. The van der Waals surface area contributed by atoms with Crippen LogP contribution < -0.4 is 4.72 Å². The number of nitrogens with one attached hydrogen (secondary N) is 1. The SMILES string of the molecule is CCn1c(CN(C)C(=O)c2ccc(C)c(S(=O)(=O)NCc3ccccc3)c2)nc2ccccc21. The van der Waals surface area contributed by atoms with Crippen LogP contribution in [0, 0.1) is 6.92 Å². The number of aryl methyl sites for hydroxylation is 2. The van der Waals surface area contributed by atoms with Crippen molar-refractivity contribution in [3.63, 3.8) is 0 Å². The minimum atomic E-state index is -3.79. The van der Waals surface area contributed by atoms with Gasteiger partial charge in [0.05, 0.1) is 22.5 Å². The van der Waals surface area contributed by atoms with Gasteiger partial charge in [0.25, 0.3) is 5.91 Å². The molecule has 0 atom stereocenters. The van der Waals surface area contributed by atoms with Crippen LogP contribution in [0.25, 0.3) is 11.0 Å². The number of carbonyl (C=O) groups excluding carboxylic acids is 1. The fourth-order valence-corrected chi connectivity index (χ4v) is 5.26. The van der Waals surface area contributed by atoms with Gasteiger partial charge < -0.3 is 9.47 Å². The van der Waals surface area contributed by atoms with Crippen LogP contribution in [0.5, 0.6) is 0 Å². The lowest BCUT2D eigenvalue weighted by atomic mass is 10.1. The molecule has 0 aliphatic heterocycles. The molecule has 1 amide bonds. The zero-order chi connectivity index (χ0) is 24.3. The first-order chi connectivity index (χ1) is 16.3. The number of amides is 1. The number of hydrogen-bond donors (Lipinski definition) is 1. The third-order valence-electron chi connectivity index (χ3n) is 5.81. The number of fused-ring (bicyclic) bond motifs is 1. The molecule has 0 aliphatic rings. The van der Waals surface area contributed by atoms with E-state index in [0.717, 1.165) is 29.0 Å². The average Bonchev–Trinajstić information content (AvgIpc) is 3.20. The Kier molecular flexibility index (Phi) is 6.81. The lowest BCUT2D eigenvalue weighted by Crippen LogP contribution is -2.29. The molecule has 0 radical (unpaired) electrons. The van der Waals surface area contributed by atoms with E-state index in [1.807, 2.05) is 61.5 Å². The number of imidazole rings is 1. The number of hydrogen-bond acceptors (Lipinski definition) is 4. The van der Waals surface area contributed by atoms with Crippen LogP contribution in [0.2, 0.25) is 0 Å². The van der Waals surface area contributed by atoms with Crippen LogP contribution in [-0.4, -0.2) is 35.8 Å². The Labute approximate surface area is 200 Å². The van der Waals surface area contributed by atoms with Crippen molar-refractivity contribution in [2.24, 2.45) is 0 Å². The summed E-state index contributed by atoms with van der Waals surface area (Å²) in [6, 6.07) is 21.9. The topological polar surface area (TPSA) is 84.3 Å². The van der Waals surface area contributed by atoms with Crippen molar-refractivity contribution in [2.45, 2.75) is 38.4 Å². The lowest BCUT2D eigenvalue weighted by Gasteiger charge is -2.19. The summed E-state index contributed by atoms with van der Waals surface area (Å²) in [6.07, 6.45) is 0. The average molecular weight is 477 g/mol. The Balaban J connectivity index is 1.55. The van der Waals surface area contributed by atoms with Crippen LogP contribution >= 0.6 is 0 Å². The van der Waals surface area contributed by atoms with Gasteiger partial charge in [-0.25, -0.2) is 18.1 Å². The van der Waals surface area contributed by atoms with E-state index >= 15 is 0 Å². The third-order valence-corrected chi connectivity index (χ3v) is 7.35. The minimum Gasteiger partial charge on any atom is -0.334 e. The summed E-state index contributed by atoms with van der Waals surface area (Å²) in [5, 5.41) is 0. The van der Waals surface area contributed by atoms with E-state index in [2.05, 4.69) is 14.3 Å². The van der Waals surface area contributed by atoms with Gasteiger partial charge in [-0.1, -0.05) is 48.5 Å². The quantitative estimate of drug-likeness (QED) is 0.415. The molecule has 0 unspecified atom stereocenters. The van der Waals surface area contributed by atoms with Gasteiger partial charge in [0.15, 0.2) is 0 Å². The standard InChI is InChI=1S/C26H28N4O3S/c1-4-30-23-13-9-8-12-22(23)28-25(30)18-29(3)26(31)21-15-14-19(2)24(16-21)34(32,33)27-17-20-10-6-5-7-11-20/h5-16,27H,4,17-18H2,1-3H3. The zero-order valence-corrected chi connectivity index (χ0v) is 20.3. The van der Waals surface area contributed by atoms with Gasteiger partial charge in [0.1, 0.15) is 5.82 Å². The smallest absolute Gasteiger partial charge is 0.254 e. The molecule has 0 bridgehead atoms. The summed E-state index contributed by atoms with van der Waals surface area (Å²) >= 11 is 0. The lowest BCUT2D eigenvalue weighted by molar-refractivity contribution is 0.0780. The fourth-order valence-electron chi connectivity index (χ4n) is 3.98. The first-order valence-corrected chi connectivity index (χ1v) is 12.6. The van der Waals surface area contributed by atoms with Crippen molar-refractivity contribution in [1.82, 2.24) is 19.2 Å². The fraction of sp³-hybridized carbons (Fsp3) is 0.231. The van der Waals surface area contributed by atoms with E-state index in [-0.39, 0.29) is 17.3 Å². The molecule has 0 aliphatic carbocycles. The van der Waals surface area contributed by atoms with Crippen molar-refractivity contribution in [2.75, 3.05) is 7.05 Å². The van der Waals surface area contributed by atoms with E-state index in [1.165, 1.54) is 6.07 Å². The maximum absolute atomic E-state index is 13.2. The third kappa shape index (κ3) is 4.88. The molecule has 4 rings (SSSR count). The second-order valence-corrected chi connectivity index (χ2v) is 9.95. The largest absolute Gasteiger partial charge is 0.334 e. The highest BCUT2D eigenvalue weighted by atomic mass is 32.2. The van der Waals surface area contributed by atoms with E-state index in [9.17, 15) is 13.2 Å². The summed E-state index contributed by atoms with van der Waals surface area (Å²) < 4.78 is 30.7. The predicted molar refractivity (Wildman–Crippen MR) is 133 cm³/mol. The molecule has 7 nitrogen and oxygen atoms in total. The molecular formula is C26H28N4O3S. The number of benzene rings is 3. The molecule has 0 spiro atoms. The number of aromatic nitrogens is 2. The molecule has 1 N–H and O–H groups in total. The molecule has 4 aromatic rings. The Morgan fingerprint density at radius 3 is 2.47 bits per heavy atom. The Hall–Kier alpha value is -3.49. The maximum Gasteiger partial charge on any atom is 0.254 e. The van der Waals surface area contributed by atoms with E-state index < -0.39 is 10.0 Å². The number of sulfonamides is 1. The summed E-state index contributed by atoms with van der Waals surface area (Å²) in [6.45, 7) is 4.98. The van der Waals surface area contributed by atoms with Gasteiger partial charge in [0.2, 0.25) is 10.0 Å². The number of carbonyl (C=O) groups is 1. The van der Waals surface area contributed by atoms with Crippen molar-refractivity contribution in [3.05, 3.63) is 95.3 Å². The molecule has 34 heavy (non-hydrogen) atoms. The molecule has 1 aromatic heterocycles. The summed E-state index contributed by atoms with van der Waals surface area (Å²) in [4.78, 5) is 19.6. The van der Waals surface area contributed by atoms with Crippen molar-refractivity contribution >= 4 is 27.0 Å². The molecule has 176 valence electrons. The molecule has 0 saturated carbocycles. The molecule has 1 heterocycles. The first kappa shape index (κ1) is 23.7. The second-order valence-electron chi connectivity index (χ2n) is 8.21. The van der Waals surface area contributed by atoms with Crippen LogP contribution in [0.4, 0.5) is 0 Å². The van der Waals surface area contributed by atoms with Crippen LogP contribution in [0.15, 0.2) is 77.7 Å². The Morgan fingerprint density at radius 2 is 1.74 bits per heavy atom. The van der Waals surface area contributed by atoms with Gasteiger partial charge in [-0.3, -0.25) is 4.79 Å². The van der Waals surface area contributed by atoms with Crippen molar-refractivity contribution in [3.8, 4) is 0 Å². The minimum absolute atomic E-state index is 0.100. The molecule has 8 heteroatoms. The van der Waals surface area contributed by atoms with E-state index in [4.69, 9.17) is 0 Å². The highest BCUT2D eigenvalue weighted by Crippen LogP contribution is 2.21. The Morgan fingerprint density at radius 1 is 1.03 bits per heavy atom. The highest BCUT2D eigenvalue weighted by molar-refractivity contribution is 7.89. The van der Waals surface area contributed by atoms with Crippen LogP contribution in [0.1, 0.15) is 34.2 Å². The van der Waals surface area contributed by atoms with E-state index in [1.54, 1.807) is 31.0 Å². The van der Waals surface area contributed by atoms with Gasteiger partial charge in [-0.2, -0.15) is 0 Å². The van der Waals surface area contributed by atoms with E-state index in [0.29, 0.717) is 17.7 Å². The zero-order valence-electron chi connectivity index (χ0n) is 19.5. The normalized spacial score (nSPS) is 11.6. The highest BCUT2D eigenvalue weighted by Gasteiger charge is 2.21. The monoisotopic (exact) mass is 476 g/mol. The number of rotatable bonds is 8. The van der Waals surface area contributed by atoms with Crippen LogP contribution in [-0.2, 0) is 29.7 Å². The molecule has 0 fully saturated rings. The molecular weight excluding hydrogens is 448 g/mol. The predicted octanol–water partition coefficient (Wildman–Crippen LogP) is 4.12. The number of para-hydroxylation sites is 2. The van der Waals surface area contributed by atoms with Crippen LogP contribution in [0.3, 0.4) is 0 Å². The van der Waals surface area contributed by atoms with Gasteiger partial charge >= 0.3 is 0 Å². The molecule has 3 aromatic carbocycles. The number of nitrogens with zero attached hydrogens (tertiary/aromatic N) is 3. The first-order valence-electron chi connectivity index (χ1n) is 11.1. The van der Waals surface area contributed by atoms with Gasteiger partial charge in [0, 0.05) is 25.7 Å². The maximum atomic E-state index is 13.2. The summed E-state index contributed by atoms with van der Waals surface area (Å²) in [5.41, 5.74) is 3.65. The Bertz CT molecular complexity index is 1430. The summed E-state index contributed by atoms with van der Waals surface area (Å²) in [7, 11) is -2.10. The molecule has 0 saturated heterocycles. The van der Waals surface area contributed by atoms with Crippen molar-refractivity contribution in [1.29, 1.82) is 0 Å². The van der Waals surface area contributed by atoms with Gasteiger partial charge in [-0.15, -0.1) is 0 Å². The van der Waals surface area contributed by atoms with Gasteiger partial charge in [-0.05, 0) is 49.2 Å². The van der Waals surface area contributed by atoms with Crippen molar-refractivity contribution < 1.29 is 13.2 Å². The second kappa shape index (κ2) is 9.79.